The molecule has 0 radical (unpaired) electrons. The minimum Gasteiger partial charge on any atom is -0.481 e. The van der Waals surface area contributed by atoms with Crippen LogP contribution in [0, 0.1) is 5.92 Å². The summed E-state index contributed by atoms with van der Waals surface area (Å²) in [4.78, 5) is 23.4. The third kappa shape index (κ3) is 6.10. The van der Waals surface area contributed by atoms with Crippen LogP contribution in [0.1, 0.15) is 61.7 Å². The Morgan fingerprint density at radius 1 is 1.08 bits per heavy atom. The summed E-state index contributed by atoms with van der Waals surface area (Å²) in [5, 5.41) is 15.6. The van der Waals surface area contributed by atoms with Crippen LogP contribution in [0.5, 0.6) is 0 Å². The Labute approximate surface area is 224 Å². The standard InChI is InChI=1S/C31H37N5O2/c1-3-26-19-28(4-2)36(34-26)29-9-5-7-24(17-29)25(18-30(37)38)21-35-16-14-22(20-35)10-12-27-13-11-23-8-6-15-32-31(23)33-27/h5-9,11,13,15,17,19,22,25H,3-4,10,12,14,16,18,20-21H2,1-2H3,(H,37,38)/t22-,25?/m1/s1. The van der Waals surface area contributed by atoms with Crippen LogP contribution < -0.4 is 0 Å². The van der Waals surface area contributed by atoms with E-state index in [1.165, 1.54) is 5.69 Å². The largest absolute Gasteiger partial charge is 0.481 e. The van der Waals surface area contributed by atoms with Gasteiger partial charge in [-0.2, -0.15) is 5.10 Å². The van der Waals surface area contributed by atoms with Gasteiger partial charge in [-0.25, -0.2) is 14.6 Å². The van der Waals surface area contributed by atoms with Crippen molar-refractivity contribution in [2.75, 3.05) is 19.6 Å². The fraction of sp³-hybridized carbons (Fsp3) is 0.419. The number of nitrogens with zero attached hydrogens (tertiary/aromatic N) is 5. The summed E-state index contributed by atoms with van der Waals surface area (Å²) in [7, 11) is 0. The van der Waals surface area contributed by atoms with Crippen molar-refractivity contribution in [2.45, 2.75) is 58.3 Å². The molecule has 1 fully saturated rings. The SMILES string of the molecule is CCc1cc(CC)n(-c2cccc(C(CC(=O)O)CN3CC[C@@H](CCc4ccc5cccnc5n4)C3)c2)n1. The van der Waals surface area contributed by atoms with Crippen molar-refractivity contribution in [3.63, 3.8) is 0 Å². The highest BCUT2D eigenvalue weighted by Gasteiger charge is 2.27. The Kier molecular flexibility index (Phi) is 8.13. The molecule has 0 amide bonds. The van der Waals surface area contributed by atoms with Gasteiger partial charge < -0.3 is 10.0 Å². The predicted octanol–water partition coefficient (Wildman–Crippen LogP) is 5.45. The van der Waals surface area contributed by atoms with Crippen LogP contribution >= 0.6 is 0 Å². The minimum absolute atomic E-state index is 0.0642. The molecule has 1 unspecified atom stereocenters. The Morgan fingerprint density at radius 2 is 1.97 bits per heavy atom. The number of hydrogen-bond acceptors (Lipinski definition) is 5. The van der Waals surface area contributed by atoms with Gasteiger partial charge >= 0.3 is 5.97 Å². The van der Waals surface area contributed by atoms with E-state index < -0.39 is 5.97 Å². The van der Waals surface area contributed by atoms with Crippen LogP contribution in [0.25, 0.3) is 16.7 Å². The second kappa shape index (κ2) is 11.9. The van der Waals surface area contributed by atoms with Gasteiger partial charge in [0.15, 0.2) is 5.65 Å². The molecule has 4 aromatic rings. The van der Waals surface area contributed by atoms with Gasteiger partial charge in [0.2, 0.25) is 0 Å². The maximum Gasteiger partial charge on any atom is 0.304 e. The lowest BCUT2D eigenvalue weighted by atomic mass is 9.94. The average Bonchev–Trinajstić information content (AvgIpc) is 3.58. The molecule has 1 saturated heterocycles. The highest BCUT2D eigenvalue weighted by molar-refractivity contribution is 5.74. The molecule has 0 bridgehead atoms. The highest BCUT2D eigenvalue weighted by atomic mass is 16.4. The number of hydrogen-bond donors (Lipinski definition) is 1. The third-order valence-corrected chi connectivity index (χ3v) is 7.74. The van der Waals surface area contributed by atoms with Gasteiger partial charge in [0.25, 0.3) is 0 Å². The highest BCUT2D eigenvalue weighted by Crippen LogP contribution is 2.28. The maximum absolute atomic E-state index is 11.8. The molecule has 1 N–H and O–H groups in total. The molecule has 0 spiro atoms. The summed E-state index contributed by atoms with van der Waals surface area (Å²) in [5.41, 5.74) is 6.22. The number of aromatic nitrogens is 4. The van der Waals surface area contributed by atoms with E-state index in [1.54, 1.807) is 6.20 Å². The van der Waals surface area contributed by atoms with Gasteiger partial charge in [0.1, 0.15) is 0 Å². The van der Waals surface area contributed by atoms with Gasteiger partial charge in [0, 0.05) is 42.0 Å². The average molecular weight is 512 g/mol. The zero-order valence-electron chi connectivity index (χ0n) is 22.4. The van der Waals surface area contributed by atoms with Crippen molar-refractivity contribution >= 4 is 17.0 Å². The van der Waals surface area contributed by atoms with Gasteiger partial charge in [-0.15, -0.1) is 0 Å². The minimum atomic E-state index is -0.756. The molecule has 0 aliphatic carbocycles. The first kappa shape index (κ1) is 26.0. The van der Waals surface area contributed by atoms with Crippen LogP contribution in [0.15, 0.2) is 60.8 Å². The second-order valence-corrected chi connectivity index (χ2v) is 10.4. The van der Waals surface area contributed by atoms with E-state index in [-0.39, 0.29) is 12.3 Å². The molecule has 5 rings (SSSR count). The molecular weight excluding hydrogens is 474 g/mol. The van der Waals surface area contributed by atoms with Crippen LogP contribution in [-0.2, 0) is 24.1 Å². The molecule has 4 heterocycles. The van der Waals surface area contributed by atoms with Crippen molar-refractivity contribution in [2.24, 2.45) is 5.92 Å². The summed E-state index contributed by atoms with van der Waals surface area (Å²) >= 11 is 0. The number of benzene rings is 1. The van der Waals surface area contributed by atoms with Crippen LogP contribution in [-0.4, -0.2) is 55.4 Å². The van der Waals surface area contributed by atoms with E-state index in [0.29, 0.717) is 5.92 Å². The van der Waals surface area contributed by atoms with E-state index in [1.807, 2.05) is 22.9 Å². The number of rotatable bonds is 11. The first-order valence-corrected chi connectivity index (χ1v) is 13.8. The number of aliphatic carboxylic acids is 1. The number of fused-ring (bicyclic) bond motifs is 1. The van der Waals surface area contributed by atoms with Crippen molar-refractivity contribution in [3.8, 4) is 5.69 Å². The molecule has 1 aromatic carbocycles. The van der Waals surface area contributed by atoms with Gasteiger partial charge in [-0.3, -0.25) is 4.79 Å². The number of carboxylic acid groups (broad SMARTS) is 1. The van der Waals surface area contributed by atoms with E-state index in [4.69, 9.17) is 10.1 Å². The van der Waals surface area contributed by atoms with Gasteiger partial charge in [0.05, 0.1) is 17.8 Å². The Balaban J connectivity index is 1.24. The molecule has 2 atom stereocenters. The normalized spacial score (nSPS) is 16.7. The monoisotopic (exact) mass is 511 g/mol. The Bertz CT molecular complexity index is 1400. The Hall–Kier alpha value is -3.58. The van der Waals surface area contributed by atoms with E-state index in [0.717, 1.165) is 85.4 Å². The summed E-state index contributed by atoms with van der Waals surface area (Å²) in [6, 6.07) is 18.7. The van der Waals surface area contributed by atoms with Gasteiger partial charge in [-0.05, 0) is 92.6 Å². The molecular formula is C31H37N5O2. The van der Waals surface area contributed by atoms with Gasteiger partial charge in [-0.1, -0.05) is 26.0 Å². The fourth-order valence-electron chi connectivity index (χ4n) is 5.64. The van der Waals surface area contributed by atoms with Crippen LogP contribution in [0.3, 0.4) is 0 Å². The third-order valence-electron chi connectivity index (χ3n) is 7.74. The molecule has 7 heteroatoms. The molecule has 7 nitrogen and oxygen atoms in total. The summed E-state index contributed by atoms with van der Waals surface area (Å²) in [6.45, 7) is 7.02. The van der Waals surface area contributed by atoms with Crippen molar-refractivity contribution in [1.29, 1.82) is 0 Å². The molecule has 198 valence electrons. The second-order valence-electron chi connectivity index (χ2n) is 10.4. The topological polar surface area (TPSA) is 84.1 Å². The summed E-state index contributed by atoms with van der Waals surface area (Å²) in [5.74, 6) is -0.226. The Morgan fingerprint density at radius 3 is 2.79 bits per heavy atom. The van der Waals surface area contributed by atoms with Crippen molar-refractivity contribution < 1.29 is 9.90 Å². The van der Waals surface area contributed by atoms with Crippen LogP contribution in [0.2, 0.25) is 0 Å². The zero-order valence-corrected chi connectivity index (χ0v) is 22.4. The number of pyridine rings is 2. The number of likely N-dealkylation sites (tertiary alicyclic amines) is 1. The predicted molar refractivity (Wildman–Crippen MR) is 150 cm³/mol. The fourth-order valence-corrected chi connectivity index (χ4v) is 5.64. The summed E-state index contributed by atoms with van der Waals surface area (Å²) < 4.78 is 2.02. The maximum atomic E-state index is 11.8. The molecule has 0 saturated carbocycles. The molecule has 3 aromatic heterocycles. The molecule has 38 heavy (non-hydrogen) atoms. The lowest BCUT2D eigenvalue weighted by Crippen LogP contribution is -2.28. The lowest BCUT2D eigenvalue weighted by molar-refractivity contribution is -0.137. The summed E-state index contributed by atoms with van der Waals surface area (Å²) in [6.07, 6.45) is 6.87. The number of aryl methyl sites for hydroxylation is 3. The van der Waals surface area contributed by atoms with Crippen LogP contribution in [0.4, 0.5) is 0 Å². The van der Waals surface area contributed by atoms with E-state index in [2.05, 4.69) is 60.1 Å². The quantitative estimate of drug-likeness (QED) is 0.288. The smallest absolute Gasteiger partial charge is 0.304 e. The lowest BCUT2D eigenvalue weighted by Gasteiger charge is -2.24. The van der Waals surface area contributed by atoms with Crippen molar-refractivity contribution in [1.82, 2.24) is 24.6 Å². The first-order valence-electron chi connectivity index (χ1n) is 13.8. The zero-order chi connectivity index (χ0) is 26.5. The number of carboxylic acids is 1. The molecule has 1 aliphatic rings. The van der Waals surface area contributed by atoms with Crippen molar-refractivity contribution in [3.05, 3.63) is 83.4 Å². The first-order chi connectivity index (χ1) is 18.5. The van der Waals surface area contributed by atoms with E-state index >= 15 is 0 Å². The molecule has 1 aliphatic heterocycles. The number of carbonyl (C=O) groups is 1. The van der Waals surface area contributed by atoms with E-state index in [9.17, 15) is 9.90 Å².